The predicted octanol–water partition coefficient (Wildman–Crippen LogP) is 4.57. The first-order chi connectivity index (χ1) is 15.1. The van der Waals surface area contributed by atoms with Gasteiger partial charge in [0.15, 0.2) is 0 Å². The van der Waals surface area contributed by atoms with Crippen molar-refractivity contribution in [1.29, 1.82) is 0 Å². The third-order valence-corrected chi connectivity index (χ3v) is 6.36. The number of nitrogens with zero attached hydrogens (tertiary/aromatic N) is 5. The number of piperidine rings is 1. The fraction of sp³-hybridized carbons (Fsp3) is 0.391. The number of aryl methyl sites for hydroxylation is 1. The van der Waals surface area contributed by atoms with Gasteiger partial charge in [-0.2, -0.15) is 0 Å². The van der Waals surface area contributed by atoms with Crippen molar-refractivity contribution in [2.24, 2.45) is 0 Å². The summed E-state index contributed by atoms with van der Waals surface area (Å²) < 4.78 is 1.28. The Hall–Kier alpha value is -2.93. The van der Waals surface area contributed by atoms with Crippen molar-refractivity contribution >= 4 is 40.8 Å². The molecule has 0 atom stereocenters. The maximum Gasteiger partial charge on any atom is 0.235 e. The molecule has 0 radical (unpaired) electrons. The highest BCUT2D eigenvalue weighted by atomic mass is 35.5. The van der Waals surface area contributed by atoms with Gasteiger partial charge in [0.05, 0.1) is 22.6 Å². The van der Waals surface area contributed by atoms with Crippen LogP contribution in [0.25, 0.3) is 6.08 Å². The Morgan fingerprint density at radius 3 is 2.74 bits per heavy atom. The largest absolute Gasteiger partial charge is 0.357 e. The highest BCUT2D eigenvalue weighted by Gasteiger charge is 2.28. The maximum absolute atomic E-state index is 10.5. The molecule has 1 aliphatic carbocycles. The summed E-state index contributed by atoms with van der Waals surface area (Å²) in [5.74, 6) is 1.53. The summed E-state index contributed by atoms with van der Waals surface area (Å²) in [6, 6.07) is 4.11. The maximum atomic E-state index is 10.5. The standard InChI is InChI=1S/C23H26ClN6O/c1-15-19(6-8-22(26-15)29-9-3-2-4-10-29)27-23-25-13-17-14-30(31)21-7-5-18(24)11-16(21)12-20(17)28-23/h6,8,11-13,31H,2-5,7,9-10,14H2,1H3,(H,25,27,28)/q+1. The fourth-order valence-electron chi connectivity index (χ4n) is 4.34. The lowest BCUT2D eigenvalue weighted by atomic mass is 9.98. The van der Waals surface area contributed by atoms with Gasteiger partial charge in [-0.1, -0.05) is 11.6 Å². The van der Waals surface area contributed by atoms with E-state index in [1.165, 1.54) is 24.0 Å². The molecule has 2 N–H and O–H groups in total. The molecule has 160 valence electrons. The SMILES string of the molecule is Cc1nc(N2CCCCC2)ccc1Nc1ncc2c(n1)C=C1C=C(Cl)CCC1=[N+](O)C2. The van der Waals surface area contributed by atoms with Crippen LogP contribution in [0.1, 0.15) is 49.1 Å². The third kappa shape index (κ3) is 4.14. The van der Waals surface area contributed by atoms with E-state index in [2.05, 4.69) is 21.3 Å². The number of pyridine rings is 1. The first kappa shape index (κ1) is 20.0. The van der Waals surface area contributed by atoms with E-state index in [4.69, 9.17) is 21.6 Å². The molecule has 5 rings (SSSR count). The highest BCUT2D eigenvalue weighted by Crippen LogP contribution is 2.28. The second-order valence-electron chi connectivity index (χ2n) is 8.27. The lowest BCUT2D eigenvalue weighted by Crippen LogP contribution is -2.30. The number of anilines is 3. The average Bonchev–Trinajstić information content (AvgIpc) is 2.90. The molecule has 7 nitrogen and oxygen atoms in total. The molecule has 3 aliphatic rings. The summed E-state index contributed by atoms with van der Waals surface area (Å²) in [4.78, 5) is 16.3. The fourth-order valence-corrected chi connectivity index (χ4v) is 4.55. The minimum absolute atomic E-state index is 0.349. The molecule has 8 heteroatoms. The van der Waals surface area contributed by atoms with E-state index in [9.17, 15) is 5.21 Å². The normalized spacial score (nSPS) is 18.6. The summed E-state index contributed by atoms with van der Waals surface area (Å²) in [7, 11) is 0. The number of hydrogen-bond acceptors (Lipinski definition) is 6. The number of aromatic nitrogens is 3. The van der Waals surface area contributed by atoms with E-state index in [0.717, 1.165) is 64.3 Å². The molecule has 0 aromatic carbocycles. The molecule has 1 saturated heterocycles. The molecule has 2 aromatic heterocycles. The van der Waals surface area contributed by atoms with Gasteiger partial charge in [-0.15, -0.1) is 0 Å². The van der Waals surface area contributed by atoms with Gasteiger partial charge in [-0.3, -0.25) is 5.21 Å². The molecule has 31 heavy (non-hydrogen) atoms. The first-order valence-electron chi connectivity index (χ1n) is 10.8. The minimum Gasteiger partial charge on any atom is -0.357 e. The van der Waals surface area contributed by atoms with E-state index in [1.54, 1.807) is 6.20 Å². The lowest BCUT2D eigenvalue weighted by Gasteiger charge is -2.28. The lowest BCUT2D eigenvalue weighted by molar-refractivity contribution is -0.787. The Morgan fingerprint density at radius 1 is 1.10 bits per heavy atom. The second-order valence-corrected chi connectivity index (χ2v) is 8.76. The van der Waals surface area contributed by atoms with Crippen LogP contribution in [-0.2, 0) is 6.54 Å². The monoisotopic (exact) mass is 437 g/mol. The topological polar surface area (TPSA) is 77.2 Å². The van der Waals surface area contributed by atoms with Crippen molar-refractivity contribution in [3.63, 3.8) is 0 Å². The van der Waals surface area contributed by atoms with Gasteiger partial charge in [0.1, 0.15) is 5.82 Å². The minimum atomic E-state index is 0.349. The predicted molar refractivity (Wildman–Crippen MR) is 122 cm³/mol. The zero-order chi connectivity index (χ0) is 21.4. The van der Waals surface area contributed by atoms with Gasteiger partial charge < -0.3 is 10.2 Å². The Labute approximate surface area is 186 Å². The Balaban J connectivity index is 1.41. The quantitative estimate of drug-likeness (QED) is 0.541. The summed E-state index contributed by atoms with van der Waals surface area (Å²) in [6.45, 7) is 4.49. The zero-order valence-electron chi connectivity index (χ0n) is 17.6. The molecule has 1 fully saturated rings. The molecule has 0 spiro atoms. The van der Waals surface area contributed by atoms with Crippen LogP contribution >= 0.6 is 11.6 Å². The number of halogens is 1. The van der Waals surface area contributed by atoms with Crippen molar-refractivity contribution in [2.75, 3.05) is 23.3 Å². The van der Waals surface area contributed by atoms with Gasteiger partial charge in [0, 0.05) is 36.3 Å². The number of rotatable bonds is 3. The Kier molecular flexibility index (Phi) is 5.36. The summed E-state index contributed by atoms with van der Waals surface area (Å²) in [5, 5.41) is 14.6. The molecule has 2 aliphatic heterocycles. The van der Waals surface area contributed by atoms with Crippen molar-refractivity contribution in [1.82, 2.24) is 15.0 Å². The molecular weight excluding hydrogens is 412 g/mol. The average molecular weight is 438 g/mol. The Bertz CT molecular complexity index is 1120. The van der Waals surface area contributed by atoms with E-state index >= 15 is 0 Å². The van der Waals surface area contributed by atoms with Crippen LogP contribution in [0.15, 0.2) is 35.0 Å². The van der Waals surface area contributed by atoms with Crippen LogP contribution in [0, 0.1) is 6.92 Å². The van der Waals surface area contributed by atoms with E-state index < -0.39 is 0 Å². The summed E-state index contributed by atoms with van der Waals surface area (Å²) in [6.07, 6.45) is 10.8. The number of hydrogen-bond donors (Lipinski definition) is 2. The van der Waals surface area contributed by atoms with Gasteiger partial charge in [-0.05, 0) is 61.6 Å². The first-order valence-corrected chi connectivity index (χ1v) is 11.2. The molecule has 4 heterocycles. The van der Waals surface area contributed by atoms with Crippen molar-refractivity contribution in [2.45, 2.75) is 45.6 Å². The van der Waals surface area contributed by atoms with Crippen LogP contribution < -0.4 is 10.2 Å². The Morgan fingerprint density at radius 2 is 1.94 bits per heavy atom. The number of allylic oxidation sites excluding steroid dienone is 3. The van der Waals surface area contributed by atoms with Crippen molar-refractivity contribution < 1.29 is 9.95 Å². The summed E-state index contributed by atoms with van der Waals surface area (Å²) in [5.41, 5.74) is 5.20. The van der Waals surface area contributed by atoms with E-state index in [1.807, 2.05) is 25.1 Å². The van der Waals surface area contributed by atoms with Gasteiger partial charge >= 0.3 is 0 Å². The third-order valence-electron chi connectivity index (χ3n) is 6.07. The highest BCUT2D eigenvalue weighted by molar-refractivity contribution is 6.31. The van der Waals surface area contributed by atoms with Crippen LogP contribution in [0.5, 0.6) is 0 Å². The van der Waals surface area contributed by atoms with E-state index in [0.29, 0.717) is 18.9 Å². The van der Waals surface area contributed by atoms with Crippen LogP contribution in [-0.4, -0.2) is 43.7 Å². The molecule has 0 saturated carbocycles. The number of nitrogens with one attached hydrogen (secondary N) is 1. The number of fused-ring (bicyclic) bond motifs is 2. The van der Waals surface area contributed by atoms with Crippen LogP contribution in [0.4, 0.5) is 17.5 Å². The van der Waals surface area contributed by atoms with Crippen molar-refractivity contribution in [3.05, 3.63) is 52.0 Å². The van der Waals surface area contributed by atoms with Gasteiger partial charge in [-0.25, -0.2) is 15.0 Å². The molecule has 0 amide bonds. The molecule has 0 unspecified atom stereocenters. The van der Waals surface area contributed by atoms with Crippen molar-refractivity contribution in [3.8, 4) is 0 Å². The van der Waals surface area contributed by atoms with Gasteiger partial charge in [0.2, 0.25) is 18.2 Å². The smallest absolute Gasteiger partial charge is 0.235 e. The number of hydroxylamine groups is 1. The van der Waals surface area contributed by atoms with E-state index in [-0.39, 0.29) is 0 Å². The zero-order valence-corrected chi connectivity index (χ0v) is 18.4. The molecule has 2 aromatic rings. The molecular formula is C23H26ClN6O+. The van der Waals surface area contributed by atoms with Gasteiger partial charge in [0.25, 0.3) is 0 Å². The van der Waals surface area contributed by atoms with Crippen LogP contribution in [0.2, 0.25) is 0 Å². The molecule has 0 bridgehead atoms. The summed E-state index contributed by atoms with van der Waals surface area (Å²) >= 11 is 6.24. The van der Waals surface area contributed by atoms with Crippen LogP contribution in [0.3, 0.4) is 0 Å². The second kappa shape index (κ2) is 8.30.